The van der Waals surface area contributed by atoms with Crippen molar-refractivity contribution in [1.82, 2.24) is 4.90 Å². The summed E-state index contributed by atoms with van der Waals surface area (Å²) in [5.74, 6) is 2.14. The quantitative estimate of drug-likeness (QED) is 0.898. The third-order valence-corrected chi connectivity index (χ3v) is 4.29. The molecular formula is C17H28N2O. The highest BCUT2D eigenvalue weighted by Gasteiger charge is 2.25. The minimum atomic E-state index is 0.322. The van der Waals surface area contributed by atoms with Crippen molar-refractivity contribution in [3.63, 3.8) is 0 Å². The van der Waals surface area contributed by atoms with Crippen LogP contribution in [0.4, 0.5) is 0 Å². The highest BCUT2D eigenvalue weighted by atomic mass is 16.5. The van der Waals surface area contributed by atoms with Gasteiger partial charge >= 0.3 is 0 Å². The average molecular weight is 276 g/mol. The molecule has 1 aliphatic rings. The van der Waals surface area contributed by atoms with Crippen LogP contribution in [0.5, 0.6) is 5.75 Å². The molecule has 1 aliphatic heterocycles. The predicted molar refractivity (Wildman–Crippen MR) is 84.3 cm³/mol. The van der Waals surface area contributed by atoms with Crippen molar-refractivity contribution < 1.29 is 4.74 Å². The summed E-state index contributed by atoms with van der Waals surface area (Å²) in [7, 11) is 0. The Labute approximate surface area is 123 Å². The second kappa shape index (κ2) is 6.59. The van der Waals surface area contributed by atoms with Crippen molar-refractivity contribution in [2.75, 3.05) is 26.2 Å². The summed E-state index contributed by atoms with van der Waals surface area (Å²) < 4.78 is 5.87. The maximum Gasteiger partial charge on any atom is 0.119 e. The summed E-state index contributed by atoms with van der Waals surface area (Å²) in [5.41, 5.74) is 8.75. The largest absolute Gasteiger partial charge is 0.492 e. The van der Waals surface area contributed by atoms with Crippen molar-refractivity contribution in [2.45, 2.75) is 39.7 Å². The minimum Gasteiger partial charge on any atom is -0.492 e. The second-order valence-corrected chi connectivity index (χ2v) is 6.42. The highest BCUT2D eigenvalue weighted by Crippen LogP contribution is 2.23. The Morgan fingerprint density at radius 3 is 2.65 bits per heavy atom. The molecule has 0 aliphatic carbocycles. The number of likely N-dealkylation sites (tertiary alicyclic amines) is 1. The van der Waals surface area contributed by atoms with E-state index in [9.17, 15) is 0 Å². The Bertz CT molecular complexity index is 435. The van der Waals surface area contributed by atoms with E-state index < -0.39 is 0 Å². The minimum absolute atomic E-state index is 0.322. The molecule has 0 aromatic heterocycles. The third kappa shape index (κ3) is 3.74. The molecule has 0 bridgehead atoms. The van der Waals surface area contributed by atoms with Gasteiger partial charge in [0.15, 0.2) is 0 Å². The van der Waals surface area contributed by atoms with Crippen LogP contribution in [0.15, 0.2) is 18.2 Å². The molecule has 1 fully saturated rings. The SMILES string of the molecule is Cc1cc(OCCN2CC(C)C(N)C2)ccc1C(C)C. The summed E-state index contributed by atoms with van der Waals surface area (Å²) in [6, 6.07) is 6.74. The molecule has 1 aromatic rings. The van der Waals surface area contributed by atoms with Gasteiger partial charge in [-0.1, -0.05) is 26.8 Å². The normalized spacial score (nSPS) is 23.5. The summed E-state index contributed by atoms with van der Waals surface area (Å²) >= 11 is 0. The van der Waals surface area contributed by atoms with Gasteiger partial charge < -0.3 is 10.5 Å². The monoisotopic (exact) mass is 276 g/mol. The summed E-state index contributed by atoms with van der Waals surface area (Å²) in [4.78, 5) is 2.39. The van der Waals surface area contributed by atoms with Crippen molar-refractivity contribution in [2.24, 2.45) is 11.7 Å². The fourth-order valence-corrected chi connectivity index (χ4v) is 2.96. The zero-order valence-corrected chi connectivity index (χ0v) is 13.2. The lowest BCUT2D eigenvalue weighted by Crippen LogP contribution is -2.30. The van der Waals surface area contributed by atoms with E-state index in [-0.39, 0.29) is 0 Å². The van der Waals surface area contributed by atoms with Crippen LogP contribution < -0.4 is 10.5 Å². The number of hydrogen-bond acceptors (Lipinski definition) is 3. The van der Waals surface area contributed by atoms with E-state index in [1.54, 1.807) is 0 Å². The summed E-state index contributed by atoms with van der Waals surface area (Å²) in [6.45, 7) is 12.6. The standard InChI is InChI=1S/C17H28N2O/c1-12(2)16-6-5-15(9-13(16)3)20-8-7-19-10-14(4)17(18)11-19/h5-6,9,12,14,17H,7-8,10-11,18H2,1-4H3. The summed E-state index contributed by atoms with van der Waals surface area (Å²) in [6.07, 6.45) is 0. The zero-order chi connectivity index (χ0) is 14.7. The topological polar surface area (TPSA) is 38.5 Å². The molecule has 0 radical (unpaired) electrons. The Balaban J connectivity index is 1.81. The van der Waals surface area contributed by atoms with Crippen molar-refractivity contribution in [3.8, 4) is 5.75 Å². The molecule has 0 amide bonds. The van der Waals surface area contributed by atoms with Crippen LogP contribution in [0.3, 0.4) is 0 Å². The maximum absolute atomic E-state index is 6.03. The van der Waals surface area contributed by atoms with Crippen LogP contribution in [0.2, 0.25) is 0 Å². The van der Waals surface area contributed by atoms with Gasteiger partial charge in [-0.2, -0.15) is 0 Å². The smallest absolute Gasteiger partial charge is 0.119 e. The van der Waals surface area contributed by atoms with Gasteiger partial charge in [0.1, 0.15) is 12.4 Å². The molecule has 1 saturated heterocycles. The molecule has 3 nitrogen and oxygen atoms in total. The van der Waals surface area contributed by atoms with Gasteiger partial charge in [0.2, 0.25) is 0 Å². The predicted octanol–water partition coefficient (Wildman–Crippen LogP) is 2.78. The lowest BCUT2D eigenvalue weighted by atomic mass is 9.98. The van der Waals surface area contributed by atoms with Gasteiger partial charge in [-0.15, -0.1) is 0 Å². The van der Waals surface area contributed by atoms with Crippen LogP contribution in [-0.4, -0.2) is 37.2 Å². The van der Waals surface area contributed by atoms with Crippen LogP contribution in [0, 0.1) is 12.8 Å². The molecule has 2 N–H and O–H groups in total. The van der Waals surface area contributed by atoms with Gasteiger partial charge in [-0.25, -0.2) is 0 Å². The molecule has 2 rings (SSSR count). The Morgan fingerprint density at radius 2 is 2.10 bits per heavy atom. The number of nitrogens with two attached hydrogens (primary N) is 1. The first-order valence-corrected chi connectivity index (χ1v) is 7.68. The number of benzene rings is 1. The number of nitrogens with zero attached hydrogens (tertiary/aromatic N) is 1. The lowest BCUT2D eigenvalue weighted by molar-refractivity contribution is 0.233. The van der Waals surface area contributed by atoms with Gasteiger partial charge in [-0.05, 0) is 42.0 Å². The Hall–Kier alpha value is -1.06. The third-order valence-electron chi connectivity index (χ3n) is 4.29. The maximum atomic E-state index is 6.03. The highest BCUT2D eigenvalue weighted by molar-refractivity contribution is 5.36. The van der Waals surface area contributed by atoms with Crippen LogP contribution in [0.25, 0.3) is 0 Å². The van der Waals surface area contributed by atoms with E-state index in [0.717, 1.165) is 32.0 Å². The number of rotatable bonds is 5. The number of aryl methyl sites for hydroxylation is 1. The Morgan fingerprint density at radius 1 is 1.35 bits per heavy atom. The van der Waals surface area contributed by atoms with Gasteiger partial charge in [0, 0.05) is 25.7 Å². The van der Waals surface area contributed by atoms with Gasteiger partial charge in [0.25, 0.3) is 0 Å². The van der Waals surface area contributed by atoms with E-state index in [1.807, 2.05) is 0 Å². The molecule has 112 valence electrons. The van der Waals surface area contributed by atoms with E-state index in [0.29, 0.717) is 17.9 Å². The van der Waals surface area contributed by atoms with Crippen molar-refractivity contribution in [3.05, 3.63) is 29.3 Å². The average Bonchev–Trinajstić information content (AvgIpc) is 2.68. The van der Waals surface area contributed by atoms with Crippen LogP contribution in [0.1, 0.15) is 37.8 Å². The molecule has 0 saturated carbocycles. The molecule has 3 heteroatoms. The second-order valence-electron chi connectivity index (χ2n) is 6.42. The fourth-order valence-electron chi connectivity index (χ4n) is 2.96. The van der Waals surface area contributed by atoms with Crippen molar-refractivity contribution >= 4 is 0 Å². The Kier molecular flexibility index (Phi) is 5.06. The molecule has 20 heavy (non-hydrogen) atoms. The molecule has 1 aromatic carbocycles. The number of hydrogen-bond donors (Lipinski definition) is 1. The van der Waals surface area contributed by atoms with Gasteiger partial charge in [0.05, 0.1) is 0 Å². The zero-order valence-electron chi connectivity index (χ0n) is 13.2. The van der Waals surface area contributed by atoms with Crippen LogP contribution >= 0.6 is 0 Å². The van der Waals surface area contributed by atoms with Gasteiger partial charge in [-0.3, -0.25) is 4.90 Å². The molecular weight excluding hydrogens is 248 g/mol. The lowest BCUT2D eigenvalue weighted by Gasteiger charge is -2.16. The molecule has 1 heterocycles. The molecule has 2 atom stereocenters. The first-order chi connectivity index (χ1) is 9.47. The van der Waals surface area contributed by atoms with E-state index in [1.165, 1.54) is 11.1 Å². The first-order valence-electron chi connectivity index (χ1n) is 7.68. The van der Waals surface area contributed by atoms with E-state index >= 15 is 0 Å². The van der Waals surface area contributed by atoms with Crippen LogP contribution in [-0.2, 0) is 0 Å². The van der Waals surface area contributed by atoms with Crippen molar-refractivity contribution in [1.29, 1.82) is 0 Å². The molecule has 0 spiro atoms. The fraction of sp³-hybridized carbons (Fsp3) is 0.647. The first kappa shape index (κ1) is 15.3. The molecule has 2 unspecified atom stereocenters. The van der Waals surface area contributed by atoms with E-state index in [2.05, 4.69) is 50.8 Å². The summed E-state index contributed by atoms with van der Waals surface area (Å²) in [5, 5.41) is 0. The number of ether oxygens (including phenoxy) is 1. The van der Waals surface area contributed by atoms with E-state index in [4.69, 9.17) is 10.5 Å².